The van der Waals surface area contributed by atoms with Crippen LogP contribution in [-0.4, -0.2) is 11.7 Å². The van der Waals surface area contributed by atoms with Gasteiger partial charge in [0.05, 0.1) is 6.61 Å². The number of hydrogen-bond donors (Lipinski definition) is 1. The molecule has 0 aliphatic rings. The van der Waals surface area contributed by atoms with Crippen molar-refractivity contribution in [2.24, 2.45) is 0 Å². The van der Waals surface area contributed by atoms with E-state index in [1.165, 1.54) is 0 Å². The molecule has 13 heavy (non-hydrogen) atoms. The van der Waals surface area contributed by atoms with E-state index in [2.05, 4.69) is 0 Å². The lowest BCUT2D eigenvalue weighted by Gasteiger charge is -2.01. The molecule has 0 saturated carbocycles. The van der Waals surface area contributed by atoms with Crippen LogP contribution >= 0.6 is 11.6 Å². The third-order valence-corrected chi connectivity index (χ3v) is 2.27. The number of aliphatic hydroxyl groups is 1. The van der Waals surface area contributed by atoms with Crippen LogP contribution in [0.25, 0.3) is 6.08 Å². The minimum absolute atomic E-state index is 0.0989. The van der Waals surface area contributed by atoms with Crippen molar-refractivity contribution in [3.63, 3.8) is 0 Å². The summed E-state index contributed by atoms with van der Waals surface area (Å²) >= 11 is 5.96. The van der Waals surface area contributed by atoms with E-state index in [9.17, 15) is 0 Å². The lowest BCUT2D eigenvalue weighted by atomic mass is 10.1. The largest absolute Gasteiger partial charge is 0.392 e. The Kier molecular flexibility index (Phi) is 4.00. The number of halogens is 1. The van der Waals surface area contributed by atoms with Gasteiger partial charge in [-0.1, -0.05) is 42.8 Å². The molecule has 1 aromatic rings. The average Bonchev–Trinajstić information content (AvgIpc) is 2.17. The molecule has 0 heterocycles. The van der Waals surface area contributed by atoms with E-state index in [4.69, 9.17) is 16.7 Å². The van der Waals surface area contributed by atoms with E-state index in [1.807, 2.05) is 37.3 Å². The monoisotopic (exact) mass is 196 g/mol. The molecule has 1 nitrogen and oxygen atoms in total. The second-order valence-corrected chi connectivity index (χ2v) is 3.24. The Labute approximate surface area is 83.7 Å². The zero-order chi connectivity index (χ0) is 9.68. The van der Waals surface area contributed by atoms with Crippen molar-refractivity contribution >= 4 is 17.7 Å². The van der Waals surface area contributed by atoms with Crippen molar-refractivity contribution in [1.82, 2.24) is 0 Å². The fraction of sp³-hybridized carbons (Fsp3) is 0.273. The van der Waals surface area contributed by atoms with E-state index in [0.29, 0.717) is 0 Å². The lowest BCUT2D eigenvalue weighted by Crippen LogP contribution is -1.88. The molecule has 1 rings (SSSR count). The Balaban J connectivity index is 2.95. The summed E-state index contributed by atoms with van der Waals surface area (Å²) in [6.07, 6.45) is 2.78. The number of rotatable bonds is 3. The molecular formula is C11H13ClO. The molecule has 0 fully saturated rings. The van der Waals surface area contributed by atoms with Crippen LogP contribution < -0.4 is 0 Å². The van der Waals surface area contributed by atoms with Crippen LogP contribution in [0.4, 0.5) is 0 Å². The highest BCUT2D eigenvalue weighted by Crippen LogP contribution is 2.18. The average molecular weight is 197 g/mol. The SMILES string of the molecule is CCC(=Cc1ccccc1Cl)CO. The van der Waals surface area contributed by atoms with Crippen molar-refractivity contribution in [2.45, 2.75) is 13.3 Å². The highest BCUT2D eigenvalue weighted by molar-refractivity contribution is 6.32. The minimum Gasteiger partial charge on any atom is -0.392 e. The van der Waals surface area contributed by atoms with E-state index in [1.54, 1.807) is 0 Å². The topological polar surface area (TPSA) is 20.2 Å². The second kappa shape index (κ2) is 5.05. The summed E-state index contributed by atoms with van der Waals surface area (Å²) in [5.41, 5.74) is 1.96. The first-order valence-corrected chi connectivity index (χ1v) is 4.70. The van der Waals surface area contributed by atoms with Gasteiger partial charge in [-0.15, -0.1) is 0 Å². The van der Waals surface area contributed by atoms with Crippen molar-refractivity contribution in [1.29, 1.82) is 0 Å². The van der Waals surface area contributed by atoms with Crippen LogP contribution in [-0.2, 0) is 0 Å². The molecule has 0 aliphatic carbocycles. The van der Waals surface area contributed by atoms with Crippen LogP contribution in [0.5, 0.6) is 0 Å². The summed E-state index contributed by atoms with van der Waals surface area (Å²) in [7, 11) is 0. The van der Waals surface area contributed by atoms with E-state index in [0.717, 1.165) is 22.6 Å². The van der Waals surface area contributed by atoms with Crippen molar-refractivity contribution in [3.8, 4) is 0 Å². The number of aliphatic hydroxyl groups excluding tert-OH is 1. The summed E-state index contributed by atoms with van der Waals surface area (Å²) in [4.78, 5) is 0. The maximum Gasteiger partial charge on any atom is 0.0644 e. The van der Waals surface area contributed by atoms with Crippen molar-refractivity contribution < 1.29 is 5.11 Å². The highest BCUT2D eigenvalue weighted by atomic mass is 35.5. The maximum atomic E-state index is 8.97. The first-order chi connectivity index (χ1) is 6.27. The molecule has 0 aliphatic heterocycles. The van der Waals surface area contributed by atoms with Gasteiger partial charge in [-0.2, -0.15) is 0 Å². The summed E-state index contributed by atoms with van der Waals surface area (Å²) in [5, 5.41) is 9.69. The van der Waals surface area contributed by atoms with Crippen molar-refractivity contribution in [3.05, 3.63) is 40.4 Å². The quantitative estimate of drug-likeness (QED) is 0.788. The number of benzene rings is 1. The zero-order valence-corrected chi connectivity index (χ0v) is 8.38. The fourth-order valence-electron chi connectivity index (χ4n) is 1.07. The predicted molar refractivity (Wildman–Crippen MR) is 56.8 cm³/mol. The molecule has 0 saturated heterocycles. The normalized spacial score (nSPS) is 11.8. The van der Waals surface area contributed by atoms with E-state index in [-0.39, 0.29) is 6.61 Å². The van der Waals surface area contributed by atoms with Gasteiger partial charge in [0.25, 0.3) is 0 Å². The molecule has 0 amide bonds. The molecule has 0 spiro atoms. The van der Waals surface area contributed by atoms with E-state index < -0.39 is 0 Å². The zero-order valence-electron chi connectivity index (χ0n) is 7.63. The van der Waals surface area contributed by atoms with Gasteiger partial charge >= 0.3 is 0 Å². The summed E-state index contributed by atoms with van der Waals surface area (Å²) < 4.78 is 0. The highest BCUT2D eigenvalue weighted by Gasteiger charge is 1.96. The lowest BCUT2D eigenvalue weighted by molar-refractivity contribution is 0.329. The Bertz CT molecular complexity index is 299. The molecule has 0 unspecified atom stereocenters. The molecule has 70 valence electrons. The Morgan fingerprint density at radius 1 is 1.46 bits per heavy atom. The molecule has 0 atom stereocenters. The molecule has 1 N–H and O–H groups in total. The van der Waals surface area contributed by atoms with Gasteiger partial charge in [-0.25, -0.2) is 0 Å². The second-order valence-electron chi connectivity index (χ2n) is 2.84. The van der Waals surface area contributed by atoms with Crippen LogP contribution in [0.2, 0.25) is 5.02 Å². The minimum atomic E-state index is 0.0989. The first kappa shape index (κ1) is 10.3. The van der Waals surface area contributed by atoms with Gasteiger partial charge in [0.1, 0.15) is 0 Å². The Morgan fingerprint density at radius 3 is 2.69 bits per heavy atom. The van der Waals surface area contributed by atoms with Gasteiger partial charge < -0.3 is 5.11 Å². The summed E-state index contributed by atoms with van der Waals surface area (Å²) in [6.45, 7) is 2.11. The van der Waals surface area contributed by atoms with Crippen LogP contribution in [0.3, 0.4) is 0 Å². The van der Waals surface area contributed by atoms with Gasteiger partial charge in [-0.05, 0) is 23.6 Å². The summed E-state index contributed by atoms with van der Waals surface area (Å²) in [6, 6.07) is 7.61. The molecule has 0 aromatic heterocycles. The predicted octanol–water partition coefficient (Wildman–Crippen LogP) is 3.13. The first-order valence-electron chi connectivity index (χ1n) is 4.32. The summed E-state index contributed by atoms with van der Waals surface area (Å²) in [5.74, 6) is 0. The van der Waals surface area contributed by atoms with Crippen LogP contribution in [0.15, 0.2) is 29.8 Å². The molecule has 2 heteroatoms. The molecule has 0 radical (unpaired) electrons. The van der Waals surface area contributed by atoms with E-state index >= 15 is 0 Å². The fourth-order valence-corrected chi connectivity index (χ4v) is 1.26. The Hall–Kier alpha value is -0.790. The van der Waals surface area contributed by atoms with Gasteiger partial charge in [-0.3, -0.25) is 0 Å². The van der Waals surface area contributed by atoms with Crippen molar-refractivity contribution in [2.75, 3.05) is 6.61 Å². The van der Waals surface area contributed by atoms with Crippen LogP contribution in [0, 0.1) is 0 Å². The number of hydrogen-bond acceptors (Lipinski definition) is 1. The molecule has 1 aromatic carbocycles. The van der Waals surface area contributed by atoms with Gasteiger partial charge in [0, 0.05) is 5.02 Å². The van der Waals surface area contributed by atoms with Gasteiger partial charge in [0.2, 0.25) is 0 Å². The van der Waals surface area contributed by atoms with Gasteiger partial charge in [0.15, 0.2) is 0 Å². The van der Waals surface area contributed by atoms with Crippen LogP contribution in [0.1, 0.15) is 18.9 Å². The smallest absolute Gasteiger partial charge is 0.0644 e. The molecule has 0 bridgehead atoms. The Morgan fingerprint density at radius 2 is 2.15 bits per heavy atom. The standard InChI is InChI=1S/C11H13ClO/c1-2-9(8-13)7-10-5-3-4-6-11(10)12/h3-7,13H,2,8H2,1H3. The third-order valence-electron chi connectivity index (χ3n) is 1.92. The molecular weight excluding hydrogens is 184 g/mol. The maximum absolute atomic E-state index is 8.97. The third kappa shape index (κ3) is 2.87.